The Morgan fingerprint density at radius 2 is 1.76 bits per heavy atom. The number of rotatable bonds is 6. The molecular formula is C21H27N3O5. The number of carbonyl (C=O) groups excluding carboxylic acids is 2. The summed E-state index contributed by atoms with van der Waals surface area (Å²) < 4.78 is 5.38. The Morgan fingerprint density at radius 1 is 1.17 bits per heavy atom. The fourth-order valence-corrected chi connectivity index (χ4v) is 5.94. The number of carbonyl (C=O) groups is 2. The number of ether oxygens (including phenoxy) is 1. The maximum atomic E-state index is 12.8. The van der Waals surface area contributed by atoms with E-state index in [-0.39, 0.29) is 22.7 Å². The number of amides is 1. The number of hydrogen-bond donors (Lipinski definition) is 2. The molecule has 0 aliphatic heterocycles. The van der Waals surface area contributed by atoms with Gasteiger partial charge in [0.2, 0.25) is 0 Å². The Labute approximate surface area is 169 Å². The molecule has 1 amide bonds. The summed E-state index contributed by atoms with van der Waals surface area (Å²) in [4.78, 5) is 35.9. The summed E-state index contributed by atoms with van der Waals surface area (Å²) >= 11 is 0. The van der Waals surface area contributed by atoms with E-state index in [4.69, 9.17) is 4.74 Å². The van der Waals surface area contributed by atoms with Crippen LogP contribution in [-0.4, -0.2) is 35.5 Å². The molecule has 1 aromatic carbocycles. The Morgan fingerprint density at radius 3 is 2.28 bits per heavy atom. The number of non-ortho nitro benzene ring substituents is 1. The molecule has 0 radical (unpaired) electrons. The van der Waals surface area contributed by atoms with E-state index in [2.05, 4.69) is 10.6 Å². The van der Waals surface area contributed by atoms with Gasteiger partial charge in [0.25, 0.3) is 11.6 Å². The van der Waals surface area contributed by atoms with Crippen molar-refractivity contribution in [1.82, 2.24) is 5.32 Å². The van der Waals surface area contributed by atoms with Crippen LogP contribution in [0.5, 0.6) is 0 Å². The third kappa shape index (κ3) is 3.80. The summed E-state index contributed by atoms with van der Waals surface area (Å²) in [7, 11) is 1.61. The molecule has 1 aromatic rings. The SMILES string of the molecule is CNc1ccc([N+](=O)[O-])cc1C(=O)O[C@H](C)C(=O)NC12CC3CC(CC(C3)C1)C2. The van der Waals surface area contributed by atoms with Gasteiger partial charge in [0.05, 0.1) is 10.5 Å². The maximum Gasteiger partial charge on any atom is 0.341 e. The largest absolute Gasteiger partial charge is 0.449 e. The van der Waals surface area contributed by atoms with Crippen molar-refractivity contribution in [3.63, 3.8) is 0 Å². The van der Waals surface area contributed by atoms with Crippen molar-refractivity contribution in [3.05, 3.63) is 33.9 Å². The molecule has 4 aliphatic rings. The van der Waals surface area contributed by atoms with E-state index in [0.29, 0.717) is 23.4 Å². The first-order valence-electron chi connectivity index (χ1n) is 10.3. The van der Waals surface area contributed by atoms with E-state index in [0.717, 1.165) is 25.3 Å². The third-order valence-electron chi connectivity index (χ3n) is 6.78. The van der Waals surface area contributed by atoms with Crippen molar-refractivity contribution in [2.24, 2.45) is 17.8 Å². The van der Waals surface area contributed by atoms with Crippen LogP contribution in [0.2, 0.25) is 0 Å². The Balaban J connectivity index is 1.43. The highest BCUT2D eigenvalue weighted by atomic mass is 16.6. The number of esters is 1. The van der Waals surface area contributed by atoms with Gasteiger partial charge in [0.1, 0.15) is 0 Å². The lowest BCUT2D eigenvalue weighted by molar-refractivity contribution is -0.384. The zero-order valence-electron chi connectivity index (χ0n) is 16.8. The standard InChI is InChI=1S/C21H27N3O5/c1-12(29-20(26)17-8-16(24(27)28)3-4-18(17)22-2)19(25)23-21-9-13-5-14(10-21)7-15(6-13)11-21/h3-4,8,12-15,22H,5-7,9-11H2,1-2H3,(H,23,25)/t12-,13?,14?,15?,21?/m1/s1. The molecule has 1 atom stereocenters. The van der Waals surface area contributed by atoms with Gasteiger partial charge in [-0.1, -0.05) is 0 Å². The van der Waals surface area contributed by atoms with Crippen molar-refractivity contribution < 1.29 is 19.2 Å². The second kappa shape index (κ2) is 7.31. The summed E-state index contributed by atoms with van der Waals surface area (Å²) in [5.74, 6) is 1.04. The molecule has 0 aromatic heterocycles. The quantitative estimate of drug-likeness (QED) is 0.430. The van der Waals surface area contributed by atoms with Crippen LogP contribution in [0.3, 0.4) is 0 Å². The molecule has 2 N–H and O–H groups in total. The molecule has 0 saturated heterocycles. The Bertz CT molecular complexity index is 817. The average molecular weight is 401 g/mol. The number of nitro groups is 1. The van der Waals surface area contributed by atoms with Crippen LogP contribution in [-0.2, 0) is 9.53 Å². The minimum atomic E-state index is -0.973. The highest BCUT2D eigenvalue weighted by Crippen LogP contribution is 2.55. The lowest BCUT2D eigenvalue weighted by atomic mass is 9.53. The second-order valence-corrected chi connectivity index (χ2v) is 8.97. The molecule has 29 heavy (non-hydrogen) atoms. The van der Waals surface area contributed by atoms with Crippen molar-refractivity contribution in [1.29, 1.82) is 0 Å². The predicted molar refractivity (Wildman–Crippen MR) is 107 cm³/mol. The molecule has 0 heterocycles. The summed E-state index contributed by atoms with van der Waals surface area (Å²) in [6.07, 6.45) is 5.90. The van der Waals surface area contributed by atoms with Crippen LogP contribution >= 0.6 is 0 Å². The van der Waals surface area contributed by atoms with Crippen molar-refractivity contribution in [2.45, 2.75) is 57.1 Å². The molecule has 8 nitrogen and oxygen atoms in total. The smallest absolute Gasteiger partial charge is 0.341 e. The van der Waals surface area contributed by atoms with Gasteiger partial charge in [0, 0.05) is 30.4 Å². The first-order chi connectivity index (χ1) is 13.8. The summed E-state index contributed by atoms with van der Waals surface area (Å²) in [6, 6.07) is 3.93. The molecule has 4 aliphatic carbocycles. The maximum absolute atomic E-state index is 12.8. The summed E-state index contributed by atoms with van der Waals surface area (Å²) in [5.41, 5.74) is 0.0841. The Kier molecular flexibility index (Phi) is 4.96. The van der Waals surface area contributed by atoms with Gasteiger partial charge >= 0.3 is 5.97 Å². The molecule has 0 unspecified atom stereocenters. The summed E-state index contributed by atoms with van der Waals surface area (Å²) in [6.45, 7) is 1.55. The fraction of sp³-hybridized carbons (Fsp3) is 0.619. The van der Waals surface area contributed by atoms with E-state index >= 15 is 0 Å². The van der Waals surface area contributed by atoms with E-state index in [1.165, 1.54) is 31.4 Å². The number of nitrogens with zero attached hydrogens (tertiary/aromatic N) is 1. The van der Waals surface area contributed by atoms with Crippen molar-refractivity contribution in [3.8, 4) is 0 Å². The number of nitrogens with one attached hydrogen (secondary N) is 2. The molecular weight excluding hydrogens is 374 g/mol. The van der Waals surface area contributed by atoms with Gasteiger partial charge < -0.3 is 15.4 Å². The molecule has 4 fully saturated rings. The normalized spacial score (nSPS) is 30.5. The third-order valence-corrected chi connectivity index (χ3v) is 6.78. The first-order valence-corrected chi connectivity index (χ1v) is 10.3. The van der Waals surface area contributed by atoms with E-state index < -0.39 is 17.0 Å². The van der Waals surface area contributed by atoms with Gasteiger partial charge in [0.15, 0.2) is 6.10 Å². The van der Waals surface area contributed by atoms with E-state index in [9.17, 15) is 19.7 Å². The van der Waals surface area contributed by atoms with E-state index in [1.807, 2.05) is 0 Å². The molecule has 4 bridgehead atoms. The van der Waals surface area contributed by atoms with Crippen LogP contribution in [0.1, 0.15) is 55.8 Å². The van der Waals surface area contributed by atoms with Crippen LogP contribution in [0.25, 0.3) is 0 Å². The molecule has 0 spiro atoms. The minimum Gasteiger partial charge on any atom is -0.449 e. The summed E-state index contributed by atoms with van der Waals surface area (Å²) in [5, 5.41) is 17.1. The number of nitro benzene ring substituents is 1. The van der Waals surface area contributed by atoms with Crippen LogP contribution in [0, 0.1) is 27.9 Å². The zero-order valence-corrected chi connectivity index (χ0v) is 16.8. The Hall–Kier alpha value is -2.64. The van der Waals surface area contributed by atoms with Gasteiger partial charge in [-0.3, -0.25) is 14.9 Å². The number of benzene rings is 1. The fourth-order valence-electron chi connectivity index (χ4n) is 5.94. The molecule has 8 heteroatoms. The molecule has 4 saturated carbocycles. The van der Waals surface area contributed by atoms with Gasteiger partial charge in [-0.2, -0.15) is 0 Å². The second-order valence-electron chi connectivity index (χ2n) is 8.97. The highest BCUT2D eigenvalue weighted by molar-refractivity contribution is 5.98. The van der Waals surface area contributed by atoms with Crippen LogP contribution in [0.4, 0.5) is 11.4 Å². The lowest BCUT2D eigenvalue weighted by Crippen LogP contribution is -2.61. The number of anilines is 1. The molecule has 156 valence electrons. The van der Waals surface area contributed by atoms with Crippen LogP contribution in [0.15, 0.2) is 18.2 Å². The van der Waals surface area contributed by atoms with E-state index in [1.54, 1.807) is 14.0 Å². The van der Waals surface area contributed by atoms with Gasteiger partial charge in [-0.15, -0.1) is 0 Å². The topological polar surface area (TPSA) is 111 Å². The highest BCUT2D eigenvalue weighted by Gasteiger charge is 2.51. The first kappa shape index (κ1) is 19.7. The van der Waals surface area contributed by atoms with Crippen molar-refractivity contribution in [2.75, 3.05) is 12.4 Å². The minimum absolute atomic E-state index is 0.0381. The zero-order chi connectivity index (χ0) is 20.8. The van der Waals surface area contributed by atoms with Gasteiger partial charge in [-0.05, 0) is 69.3 Å². The van der Waals surface area contributed by atoms with Crippen LogP contribution < -0.4 is 10.6 Å². The number of hydrogen-bond acceptors (Lipinski definition) is 6. The van der Waals surface area contributed by atoms with Crippen molar-refractivity contribution >= 4 is 23.3 Å². The monoisotopic (exact) mass is 401 g/mol. The average Bonchev–Trinajstić information content (AvgIpc) is 2.65. The predicted octanol–water partition coefficient (Wildman–Crippen LogP) is 3.27. The lowest BCUT2D eigenvalue weighted by Gasteiger charge is -2.57. The van der Waals surface area contributed by atoms with Gasteiger partial charge in [-0.25, -0.2) is 4.79 Å². The molecule has 5 rings (SSSR count).